The molecule has 0 unspecified atom stereocenters. The van der Waals surface area contributed by atoms with Crippen LogP contribution in [-0.2, 0) is 14.8 Å². The molecule has 2 rings (SSSR count). The van der Waals surface area contributed by atoms with Gasteiger partial charge < -0.3 is 10.6 Å². The van der Waals surface area contributed by atoms with Gasteiger partial charge in [0.05, 0.1) is 4.90 Å². The van der Waals surface area contributed by atoms with Crippen LogP contribution in [0, 0.1) is 19.8 Å². The van der Waals surface area contributed by atoms with Crippen molar-refractivity contribution in [2.24, 2.45) is 5.92 Å². The van der Waals surface area contributed by atoms with Crippen molar-refractivity contribution in [1.82, 2.24) is 14.9 Å². The number of rotatable bonds is 7. The lowest BCUT2D eigenvalue weighted by Crippen LogP contribution is -2.44. The Morgan fingerprint density at radius 3 is 2.48 bits per heavy atom. The first-order valence-corrected chi connectivity index (χ1v) is 10.4. The molecule has 0 saturated carbocycles. The van der Waals surface area contributed by atoms with E-state index in [1.165, 1.54) is 4.31 Å². The summed E-state index contributed by atoms with van der Waals surface area (Å²) >= 11 is 0. The summed E-state index contributed by atoms with van der Waals surface area (Å²) in [4.78, 5) is 12.5. The molecular formula is C18H29N3O3S. The van der Waals surface area contributed by atoms with Crippen LogP contribution >= 0.6 is 0 Å². The molecule has 0 spiro atoms. The molecule has 0 atom stereocenters. The first-order chi connectivity index (χ1) is 11.9. The van der Waals surface area contributed by atoms with Gasteiger partial charge in [0.15, 0.2) is 0 Å². The molecule has 1 fully saturated rings. The zero-order valence-electron chi connectivity index (χ0n) is 15.3. The molecule has 7 heteroatoms. The van der Waals surface area contributed by atoms with Crippen molar-refractivity contribution in [3.8, 4) is 0 Å². The highest BCUT2D eigenvalue weighted by Gasteiger charge is 2.32. The highest BCUT2D eigenvalue weighted by molar-refractivity contribution is 7.89. The summed E-state index contributed by atoms with van der Waals surface area (Å²) < 4.78 is 27.2. The quantitative estimate of drug-likeness (QED) is 0.715. The summed E-state index contributed by atoms with van der Waals surface area (Å²) in [5.74, 6) is -0.0753. The molecule has 0 aliphatic carbocycles. The Labute approximate surface area is 151 Å². The van der Waals surface area contributed by atoms with Gasteiger partial charge >= 0.3 is 0 Å². The molecule has 1 aromatic rings. The second-order valence-corrected chi connectivity index (χ2v) is 8.50. The molecule has 0 aromatic heterocycles. The Hall–Kier alpha value is -1.44. The molecule has 1 heterocycles. The van der Waals surface area contributed by atoms with E-state index in [0.717, 1.165) is 24.2 Å². The van der Waals surface area contributed by atoms with Crippen molar-refractivity contribution in [2.75, 3.05) is 32.7 Å². The number of benzene rings is 1. The summed E-state index contributed by atoms with van der Waals surface area (Å²) in [6.45, 7) is 8.81. The Morgan fingerprint density at radius 1 is 1.20 bits per heavy atom. The van der Waals surface area contributed by atoms with Crippen molar-refractivity contribution in [3.05, 3.63) is 29.3 Å². The van der Waals surface area contributed by atoms with E-state index in [0.29, 0.717) is 37.4 Å². The smallest absolute Gasteiger partial charge is 0.243 e. The van der Waals surface area contributed by atoms with E-state index in [1.807, 2.05) is 32.9 Å². The summed E-state index contributed by atoms with van der Waals surface area (Å²) in [6, 6.07) is 5.39. The SMILES string of the molecule is CCNCCNC(=O)C1CCN(S(=O)(=O)c2ccc(C)cc2C)CC1. The average molecular weight is 368 g/mol. The zero-order valence-corrected chi connectivity index (χ0v) is 16.2. The maximum atomic E-state index is 12.9. The molecule has 1 aromatic carbocycles. The van der Waals surface area contributed by atoms with E-state index in [-0.39, 0.29) is 11.8 Å². The fourth-order valence-corrected chi connectivity index (χ4v) is 4.86. The number of piperidine rings is 1. The van der Waals surface area contributed by atoms with Crippen LogP contribution in [0.2, 0.25) is 0 Å². The maximum absolute atomic E-state index is 12.9. The molecule has 6 nitrogen and oxygen atoms in total. The molecule has 1 aliphatic rings. The summed E-state index contributed by atoms with van der Waals surface area (Å²) in [5, 5.41) is 6.08. The fraction of sp³-hybridized carbons (Fsp3) is 0.611. The molecular weight excluding hydrogens is 338 g/mol. The number of carbonyl (C=O) groups is 1. The van der Waals surface area contributed by atoms with Gasteiger partial charge in [0.1, 0.15) is 0 Å². The Balaban J connectivity index is 1.93. The van der Waals surface area contributed by atoms with E-state index >= 15 is 0 Å². The Morgan fingerprint density at radius 2 is 1.88 bits per heavy atom. The number of amides is 1. The third-order valence-electron chi connectivity index (χ3n) is 4.62. The monoisotopic (exact) mass is 367 g/mol. The minimum atomic E-state index is -3.49. The Kier molecular flexibility index (Phi) is 6.98. The number of sulfonamides is 1. The number of nitrogens with one attached hydrogen (secondary N) is 2. The fourth-order valence-electron chi connectivity index (χ4n) is 3.18. The van der Waals surface area contributed by atoms with Crippen LogP contribution in [0.3, 0.4) is 0 Å². The highest BCUT2D eigenvalue weighted by Crippen LogP contribution is 2.26. The van der Waals surface area contributed by atoms with Gasteiger partial charge in [-0.25, -0.2) is 8.42 Å². The van der Waals surface area contributed by atoms with E-state index in [4.69, 9.17) is 0 Å². The molecule has 1 aliphatic heterocycles. The summed E-state index contributed by atoms with van der Waals surface area (Å²) in [6.07, 6.45) is 1.13. The predicted octanol–water partition coefficient (Wildman–Crippen LogP) is 1.43. The predicted molar refractivity (Wildman–Crippen MR) is 99.0 cm³/mol. The van der Waals surface area contributed by atoms with Crippen molar-refractivity contribution in [3.63, 3.8) is 0 Å². The first-order valence-electron chi connectivity index (χ1n) is 8.92. The van der Waals surface area contributed by atoms with Gasteiger partial charge in [-0.15, -0.1) is 0 Å². The van der Waals surface area contributed by atoms with Crippen molar-refractivity contribution in [1.29, 1.82) is 0 Å². The summed E-state index contributed by atoms with van der Waals surface area (Å²) in [7, 11) is -3.49. The van der Waals surface area contributed by atoms with Crippen LogP contribution in [0.5, 0.6) is 0 Å². The number of aryl methyl sites for hydroxylation is 2. The minimum absolute atomic E-state index is 0.0291. The molecule has 25 heavy (non-hydrogen) atoms. The lowest BCUT2D eigenvalue weighted by Gasteiger charge is -2.31. The van der Waals surface area contributed by atoms with Crippen LogP contribution in [0.25, 0.3) is 0 Å². The average Bonchev–Trinajstić information content (AvgIpc) is 2.58. The molecule has 0 radical (unpaired) electrons. The van der Waals surface area contributed by atoms with Gasteiger partial charge in [0.25, 0.3) is 0 Å². The zero-order chi connectivity index (χ0) is 18.4. The standard InChI is InChI=1S/C18H29N3O3S/c1-4-19-9-10-20-18(22)16-7-11-21(12-8-16)25(23,24)17-6-5-14(2)13-15(17)3/h5-6,13,16,19H,4,7-12H2,1-3H3,(H,20,22). The number of likely N-dealkylation sites (N-methyl/N-ethyl adjacent to an activating group) is 1. The topological polar surface area (TPSA) is 78.5 Å². The van der Waals surface area contributed by atoms with Crippen LogP contribution in [0.4, 0.5) is 0 Å². The van der Waals surface area contributed by atoms with Gasteiger partial charge in [-0.05, 0) is 44.9 Å². The van der Waals surface area contributed by atoms with Crippen molar-refractivity contribution >= 4 is 15.9 Å². The van der Waals surface area contributed by atoms with E-state index in [2.05, 4.69) is 10.6 Å². The normalized spacial score (nSPS) is 16.8. The van der Waals surface area contributed by atoms with Crippen molar-refractivity contribution in [2.45, 2.75) is 38.5 Å². The van der Waals surface area contributed by atoms with E-state index in [1.54, 1.807) is 6.07 Å². The lowest BCUT2D eigenvalue weighted by atomic mass is 9.97. The summed E-state index contributed by atoms with van der Waals surface area (Å²) in [5.41, 5.74) is 1.81. The van der Waals surface area contributed by atoms with Crippen LogP contribution in [0.15, 0.2) is 23.1 Å². The van der Waals surface area contributed by atoms with Gasteiger partial charge in [-0.1, -0.05) is 24.6 Å². The maximum Gasteiger partial charge on any atom is 0.243 e. The van der Waals surface area contributed by atoms with E-state index < -0.39 is 10.0 Å². The molecule has 0 bridgehead atoms. The van der Waals surface area contributed by atoms with Gasteiger partial charge in [0.2, 0.25) is 15.9 Å². The van der Waals surface area contributed by atoms with E-state index in [9.17, 15) is 13.2 Å². The number of hydrogen-bond donors (Lipinski definition) is 2. The molecule has 1 amide bonds. The van der Waals surface area contributed by atoms with Crippen molar-refractivity contribution < 1.29 is 13.2 Å². The molecule has 1 saturated heterocycles. The van der Waals surface area contributed by atoms with Crippen LogP contribution in [0.1, 0.15) is 30.9 Å². The van der Waals surface area contributed by atoms with Crippen LogP contribution < -0.4 is 10.6 Å². The third-order valence-corrected chi connectivity index (χ3v) is 6.68. The molecule has 140 valence electrons. The molecule has 2 N–H and O–H groups in total. The Bertz CT molecular complexity index is 696. The van der Waals surface area contributed by atoms with Crippen LogP contribution in [-0.4, -0.2) is 51.4 Å². The van der Waals surface area contributed by atoms with Gasteiger partial charge in [-0.2, -0.15) is 4.31 Å². The number of nitrogens with zero attached hydrogens (tertiary/aromatic N) is 1. The second kappa shape index (κ2) is 8.78. The third kappa shape index (κ3) is 5.03. The minimum Gasteiger partial charge on any atom is -0.355 e. The largest absolute Gasteiger partial charge is 0.355 e. The number of hydrogen-bond acceptors (Lipinski definition) is 4. The number of carbonyl (C=O) groups excluding carboxylic acids is 1. The van der Waals surface area contributed by atoms with Gasteiger partial charge in [-0.3, -0.25) is 4.79 Å². The second-order valence-electron chi connectivity index (χ2n) is 6.59. The van der Waals surface area contributed by atoms with Gasteiger partial charge in [0, 0.05) is 32.1 Å². The lowest BCUT2D eigenvalue weighted by molar-refractivity contribution is -0.126. The first kappa shape index (κ1) is 19.9. The highest BCUT2D eigenvalue weighted by atomic mass is 32.2.